The summed E-state index contributed by atoms with van der Waals surface area (Å²) in [6, 6.07) is 8.02. The smallest absolute Gasteiger partial charge is 0.256 e. The van der Waals surface area contributed by atoms with E-state index in [1.807, 2.05) is 30.5 Å². The van der Waals surface area contributed by atoms with Crippen LogP contribution in [0.4, 0.5) is 0 Å². The molecule has 0 bridgehead atoms. The van der Waals surface area contributed by atoms with Crippen molar-refractivity contribution in [3.05, 3.63) is 45.9 Å². The SMILES string of the molecule is CSc1ccc(-c2nc3c(c(=O)[nH]2)COCC3)cc1. The molecule has 2 aromatic rings. The lowest BCUT2D eigenvalue weighted by atomic mass is 10.1. The minimum Gasteiger partial charge on any atom is -0.376 e. The molecule has 2 heterocycles. The van der Waals surface area contributed by atoms with Gasteiger partial charge in [0.25, 0.3) is 5.56 Å². The van der Waals surface area contributed by atoms with Crippen molar-refractivity contribution in [2.24, 2.45) is 0 Å². The van der Waals surface area contributed by atoms with Crippen LogP contribution in [0.2, 0.25) is 0 Å². The molecule has 1 aromatic heterocycles. The van der Waals surface area contributed by atoms with Crippen LogP contribution >= 0.6 is 11.8 Å². The van der Waals surface area contributed by atoms with Crippen LogP contribution < -0.4 is 5.56 Å². The molecule has 0 unspecified atom stereocenters. The topological polar surface area (TPSA) is 55.0 Å². The second-order valence-corrected chi connectivity index (χ2v) is 5.25. The van der Waals surface area contributed by atoms with E-state index in [2.05, 4.69) is 9.97 Å². The van der Waals surface area contributed by atoms with Gasteiger partial charge in [-0.15, -0.1) is 11.8 Å². The maximum atomic E-state index is 12.0. The first-order chi connectivity index (χ1) is 9.28. The molecule has 0 saturated carbocycles. The molecule has 0 saturated heterocycles. The summed E-state index contributed by atoms with van der Waals surface area (Å²) in [4.78, 5) is 20.6. The van der Waals surface area contributed by atoms with Crippen molar-refractivity contribution in [2.45, 2.75) is 17.9 Å². The molecule has 98 valence electrons. The molecule has 0 radical (unpaired) electrons. The van der Waals surface area contributed by atoms with Crippen molar-refractivity contribution >= 4 is 11.8 Å². The van der Waals surface area contributed by atoms with Gasteiger partial charge in [0.1, 0.15) is 5.82 Å². The third kappa shape index (κ3) is 2.43. The Balaban J connectivity index is 2.05. The molecule has 0 fully saturated rings. The van der Waals surface area contributed by atoms with Gasteiger partial charge in [-0.2, -0.15) is 0 Å². The first-order valence-electron chi connectivity index (χ1n) is 6.12. The highest BCUT2D eigenvalue weighted by molar-refractivity contribution is 7.98. The summed E-state index contributed by atoms with van der Waals surface area (Å²) >= 11 is 1.69. The molecule has 3 rings (SSSR count). The average Bonchev–Trinajstić information content (AvgIpc) is 2.47. The lowest BCUT2D eigenvalue weighted by molar-refractivity contribution is 0.108. The minimum atomic E-state index is -0.0892. The van der Waals surface area contributed by atoms with Crippen LogP contribution in [0.15, 0.2) is 34.0 Å². The van der Waals surface area contributed by atoms with Gasteiger partial charge in [0, 0.05) is 16.9 Å². The molecule has 1 aromatic carbocycles. The van der Waals surface area contributed by atoms with Crippen molar-refractivity contribution < 1.29 is 4.74 Å². The molecule has 0 atom stereocenters. The number of nitrogens with one attached hydrogen (secondary N) is 1. The second kappa shape index (κ2) is 5.19. The Hall–Kier alpha value is -1.59. The molecular formula is C14H14N2O2S. The fourth-order valence-corrected chi connectivity index (χ4v) is 2.54. The van der Waals surface area contributed by atoms with E-state index in [0.29, 0.717) is 31.0 Å². The van der Waals surface area contributed by atoms with Gasteiger partial charge in [-0.3, -0.25) is 4.79 Å². The van der Waals surface area contributed by atoms with Gasteiger partial charge in [0.15, 0.2) is 0 Å². The van der Waals surface area contributed by atoms with Crippen molar-refractivity contribution in [3.63, 3.8) is 0 Å². The summed E-state index contributed by atoms with van der Waals surface area (Å²) in [5.74, 6) is 0.637. The number of ether oxygens (including phenoxy) is 1. The maximum absolute atomic E-state index is 12.0. The molecule has 0 aliphatic carbocycles. The predicted octanol–water partition coefficient (Wildman–Crippen LogP) is 2.23. The summed E-state index contributed by atoms with van der Waals surface area (Å²) in [6.45, 7) is 0.998. The molecular weight excluding hydrogens is 260 g/mol. The van der Waals surface area contributed by atoms with Crippen LogP contribution in [0.25, 0.3) is 11.4 Å². The van der Waals surface area contributed by atoms with Gasteiger partial charge in [-0.1, -0.05) is 12.1 Å². The van der Waals surface area contributed by atoms with Crippen LogP contribution in [0.1, 0.15) is 11.3 Å². The Morgan fingerprint density at radius 3 is 2.84 bits per heavy atom. The summed E-state index contributed by atoms with van der Waals surface area (Å²) in [7, 11) is 0. The highest BCUT2D eigenvalue weighted by Gasteiger charge is 2.16. The van der Waals surface area contributed by atoms with Crippen LogP contribution in [0.3, 0.4) is 0 Å². The lowest BCUT2D eigenvalue weighted by Crippen LogP contribution is -2.24. The molecule has 1 N–H and O–H groups in total. The van der Waals surface area contributed by atoms with Crippen molar-refractivity contribution in [1.82, 2.24) is 9.97 Å². The van der Waals surface area contributed by atoms with Crippen molar-refractivity contribution in [2.75, 3.05) is 12.9 Å². The zero-order chi connectivity index (χ0) is 13.2. The largest absolute Gasteiger partial charge is 0.376 e. The third-order valence-corrected chi connectivity index (χ3v) is 3.94. The summed E-state index contributed by atoms with van der Waals surface area (Å²) in [5.41, 5.74) is 2.37. The van der Waals surface area contributed by atoms with E-state index in [1.54, 1.807) is 11.8 Å². The Labute approximate surface area is 115 Å². The van der Waals surface area contributed by atoms with E-state index < -0.39 is 0 Å². The Morgan fingerprint density at radius 2 is 2.11 bits per heavy atom. The zero-order valence-corrected chi connectivity index (χ0v) is 11.4. The van der Waals surface area contributed by atoms with Crippen molar-refractivity contribution in [3.8, 4) is 11.4 Å². The standard InChI is InChI=1S/C14H14N2O2S/c1-19-10-4-2-9(3-5-10)13-15-12-6-7-18-8-11(12)14(17)16-13/h2-5H,6-8H2,1H3,(H,15,16,17). The number of rotatable bonds is 2. The predicted molar refractivity (Wildman–Crippen MR) is 75.4 cm³/mol. The molecule has 19 heavy (non-hydrogen) atoms. The third-order valence-electron chi connectivity index (χ3n) is 3.19. The lowest BCUT2D eigenvalue weighted by Gasteiger charge is -2.15. The number of aromatic nitrogens is 2. The molecule has 1 aliphatic heterocycles. The highest BCUT2D eigenvalue weighted by atomic mass is 32.2. The summed E-state index contributed by atoms with van der Waals surface area (Å²) in [5, 5.41) is 0. The number of aromatic amines is 1. The Morgan fingerprint density at radius 1 is 1.32 bits per heavy atom. The monoisotopic (exact) mass is 274 g/mol. The molecule has 0 spiro atoms. The fraction of sp³-hybridized carbons (Fsp3) is 0.286. The number of nitrogens with zero attached hydrogens (tertiary/aromatic N) is 1. The van der Waals surface area contributed by atoms with E-state index in [-0.39, 0.29) is 5.56 Å². The van der Waals surface area contributed by atoms with E-state index in [4.69, 9.17) is 4.74 Å². The molecule has 1 aliphatic rings. The summed E-state index contributed by atoms with van der Waals surface area (Å²) < 4.78 is 5.29. The molecule has 4 nitrogen and oxygen atoms in total. The molecule has 0 amide bonds. The highest BCUT2D eigenvalue weighted by Crippen LogP contribution is 2.21. The number of hydrogen-bond acceptors (Lipinski definition) is 4. The first kappa shape index (κ1) is 12.4. The number of hydrogen-bond donors (Lipinski definition) is 1. The van der Waals surface area contributed by atoms with Gasteiger partial charge >= 0.3 is 0 Å². The van der Waals surface area contributed by atoms with Crippen LogP contribution in [-0.2, 0) is 17.8 Å². The fourth-order valence-electron chi connectivity index (χ4n) is 2.13. The minimum absolute atomic E-state index is 0.0892. The van der Waals surface area contributed by atoms with Crippen LogP contribution in [0.5, 0.6) is 0 Å². The van der Waals surface area contributed by atoms with E-state index in [0.717, 1.165) is 11.3 Å². The van der Waals surface area contributed by atoms with E-state index >= 15 is 0 Å². The Bertz CT molecular complexity index is 649. The maximum Gasteiger partial charge on any atom is 0.256 e. The number of thioether (sulfide) groups is 1. The van der Waals surface area contributed by atoms with E-state index in [9.17, 15) is 4.79 Å². The van der Waals surface area contributed by atoms with Gasteiger partial charge < -0.3 is 9.72 Å². The van der Waals surface area contributed by atoms with Gasteiger partial charge in [-0.05, 0) is 18.4 Å². The van der Waals surface area contributed by atoms with Crippen LogP contribution in [-0.4, -0.2) is 22.8 Å². The number of fused-ring (bicyclic) bond motifs is 1. The average molecular weight is 274 g/mol. The Kier molecular flexibility index (Phi) is 3.40. The zero-order valence-electron chi connectivity index (χ0n) is 10.6. The van der Waals surface area contributed by atoms with Crippen LogP contribution in [0, 0.1) is 0 Å². The second-order valence-electron chi connectivity index (χ2n) is 4.37. The quantitative estimate of drug-likeness (QED) is 0.853. The normalized spacial score (nSPS) is 14.2. The number of H-pyrrole nitrogens is 1. The number of benzene rings is 1. The van der Waals surface area contributed by atoms with Crippen molar-refractivity contribution in [1.29, 1.82) is 0 Å². The first-order valence-corrected chi connectivity index (χ1v) is 7.34. The van der Waals surface area contributed by atoms with E-state index in [1.165, 1.54) is 4.90 Å². The van der Waals surface area contributed by atoms with Gasteiger partial charge in [0.2, 0.25) is 0 Å². The molecule has 5 heteroatoms. The van der Waals surface area contributed by atoms with Gasteiger partial charge in [0.05, 0.1) is 24.5 Å². The van der Waals surface area contributed by atoms with Gasteiger partial charge in [-0.25, -0.2) is 4.98 Å². The summed E-state index contributed by atoms with van der Waals surface area (Å²) in [6.07, 6.45) is 2.74.